The van der Waals surface area contributed by atoms with Crippen molar-refractivity contribution in [2.45, 2.75) is 45.4 Å². The molecule has 2 heteroatoms. The molecule has 59 heavy (non-hydrogen) atoms. The second-order valence-electron chi connectivity index (χ2n) is 17.1. The molecule has 0 aliphatic heterocycles. The predicted molar refractivity (Wildman–Crippen MR) is 251 cm³/mol. The van der Waals surface area contributed by atoms with Gasteiger partial charge in [0.05, 0.1) is 0 Å². The van der Waals surface area contributed by atoms with Gasteiger partial charge in [-0.05, 0) is 135 Å². The minimum Gasteiger partial charge on any atom is -0.310 e. The fraction of sp³-hybridized carbons (Fsp3) is 0.123. The first-order valence-electron chi connectivity index (χ1n) is 20.8. The zero-order valence-corrected chi connectivity index (χ0v) is 34.4. The van der Waals surface area contributed by atoms with Gasteiger partial charge in [0.15, 0.2) is 0 Å². The van der Waals surface area contributed by atoms with Crippen LogP contribution in [0.1, 0.15) is 66.6 Å². The summed E-state index contributed by atoms with van der Waals surface area (Å²) in [4.78, 5) is 4.77. The van der Waals surface area contributed by atoms with Gasteiger partial charge in [0.25, 0.3) is 0 Å². The first-order chi connectivity index (χ1) is 28.7. The Labute approximate surface area is 349 Å². The highest BCUT2D eigenvalue weighted by Gasteiger charge is 2.37. The van der Waals surface area contributed by atoms with E-state index in [-0.39, 0.29) is 10.8 Å². The van der Waals surface area contributed by atoms with E-state index in [9.17, 15) is 0 Å². The van der Waals surface area contributed by atoms with Crippen molar-refractivity contribution in [1.29, 1.82) is 0 Å². The van der Waals surface area contributed by atoms with Crippen LogP contribution < -0.4 is 9.80 Å². The molecule has 8 aromatic carbocycles. The zero-order valence-electron chi connectivity index (χ0n) is 34.4. The molecule has 0 bridgehead atoms. The van der Waals surface area contributed by atoms with Crippen molar-refractivity contribution in [3.63, 3.8) is 0 Å². The van der Waals surface area contributed by atoms with Crippen LogP contribution >= 0.6 is 0 Å². The molecule has 8 aromatic rings. The number of nitrogens with zero attached hydrogens (tertiary/aromatic N) is 2. The maximum Gasteiger partial charge on any atom is 0.0490 e. The van der Waals surface area contributed by atoms with Crippen molar-refractivity contribution >= 4 is 46.3 Å². The van der Waals surface area contributed by atoms with Crippen LogP contribution in [0.4, 0.5) is 34.1 Å². The molecular weight excluding hydrogens is 713 g/mol. The molecule has 0 fully saturated rings. The Morgan fingerprint density at radius 3 is 1.24 bits per heavy atom. The maximum absolute atomic E-state index is 2.44. The summed E-state index contributed by atoms with van der Waals surface area (Å²) >= 11 is 0. The standard InChI is InChI=1S/C57H48N2/c1-39-15-9-14-22-55(39)59(42-16-7-6-8-17-42)44-31-27-41(28-32-44)24-23-40-25-29-43(30-26-40)58(45-33-35-49-47-18-10-12-20-51(47)56(2,3)53(49)37-45)46-34-36-50-48-19-11-13-21-52(48)57(4,5)54(50)38-46/h6-38H,1-5H3/b24-23+. The molecular formula is C57H48N2. The van der Waals surface area contributed by atoms with Crippen LogP contribution in [0.3, 0.4) is 0 Å². The maximum atomic E-state index is 2.44. The van der Waals surface area contributed by atoms with Crippen LogP contribution in [0.2, 0.25) is 0 Å². The van der Waals surface area contributed by atoms with E-state index < -0.39 is 0 Å². The lowest BCUT2D eigenvalue weighted by Gasteiger charge is -2.29. The van der Waals surface area contributed by atoms with Crippen molar-refractivity contribution in [3.8, 4) is 22.3 Å². The third-order valence-electron chi connectivity index (χ3n) is 12.8. The van der Waals surface area contributed by atoms with E-state index in [1.54, 1.807) is 0 Å². The fourth-order valence-corrected chi connectivity index (χ4v) is 9.59. The molecule has 0 saturated heterocycles. The van der Waals surface area contributed by atoms with Gasteiger partial charge in [-0.15, -0.1) is 0 Å². The summed E-state index contributed by atoms with van der Waals surface area (Å²) < 4.78 is 0. The molecule has 0 N–H and O–H groups in total. The number of aryl methyl sites for hydroxylation is 1. The Morgan fingerprint density at radius 2 is 0.729 bits per heavy atom. The van der Waals surface area contributed by atoms with Crippen molar-refractivity contribution < 1.29 is 0 Å². The van der Waals surface area contributed by atoms with E-state index in [1.807, 2.05) is 0 Å². The van der Waals surface area contributed by atoms with Crippen molar-refractivity contribution in [1.82, 2.24) is 0 Å². The Balaban J connectivity index is 0.988. The average Bonchev–Trinajstić information content (AvgIpc) is 3.64. The van der Waals surface area contributed by atoms with E-state index in [0.717, 1.165) is 39.6 Å². The van der Waals surface area contributed by atoms with Crippen molar-refractivity contribution in [2.24, 2.45) is 0 Å². The summed E-state index contributed by atoms with van der Waals surface area (Å²) in [7, 11) is 0. The highest BCUT2D eigenvalue weighted by Crippen LogP contribution is 2.53. The molecule has 0 unspecified atom stereocenters. The zero-order chi connectivity index (χ0) is 40.3. The Morgan fingerprint density at radius 1 is 0.339 bits per heavy atom. The van der Waals surface area contributed by atoms with E-state index in [1.165, 1.54) is 55.8 Å². The van der Waals surface area contributed by atoms with Crippen LogP contribution in [-0.4, -0.2) is 0 Å². The van der Waals surface area contributed by atoms with Gasteiger partial charge >= 0.3 is 0 Å². The SMILES string of the molecule is Cc1ccccc1N(c1ccccc1)c1ccc(/C=C/c2ccc(N(c3ccc4c(c3)C(C)(C)c3ccccc3-4)c3ccc4c(c3)C(C)(C)c3ccccc3-4)cc2)cc1. The summed E-state index contributed by atoms with van der Waals surface area (Å²) in [5, 5.41) is 0. The number of rotatable bonds is 8. The number of hydrogen-bond acceptors (Lipinski definition) is 2. The summed E-state index contributed by atoms with van der Waals surface area (Å²) in [5.74, 6) is 0. The fourth-order valence-electron chi connectivity index (χ4n) is 9.59. The summed E-state index contributed by atoms with van der Waals surface area (Å²) in [6.45, 7) is 11.6. The number of anilines is 6. The van der Waals surface area contributed by atoms with Gasteiger partial charge in [-0.1, -0.05) is 161 Å². The second-order valence-corrected chi connectivity index (χ2v) is 17.1. The third kappa shape index (κ3) is 6.19. The lowest BCUT2D eigenvalue weighted by Crippen LogP contribution is -2.18. The van der Waals surface area contributed by atoms with Gasteiger partial charge in [-0.2, -0.15) is 0 Å². The molecule has 0 atom stereocenters. The van der Waals surface area contributed by atoms with Crippen LogP contribution in [0, 0.1) is 6.92 Å². The minimum absolute atomic E-state index is 0.0949. The molecule has 0 radical (unpaired) electrons. The van der Waals surface area contributed by atoms with E-state index in [4.69, 9.17) is 0 Å². The van der Waals surface area contributed by atoms with E-state index >= 15 is 0 Å². The second kappa shape index (κ2) is 14.2. The van der Waals surface area contributed by atoms with Crippen molar-refractivity contribution in [2.75, 3.05) is 9.80 Å². The lowest BCUT2D eigenvalue weighted by molar-refractivity contribution is 0.660. The topological polar surface area (TPSA) is 6.48 Å². The highest BCUT2D eigenvalue weighted by molar-refractivity contribution is 5.89. The molecule has 0 amide bonds. The quantitative estimate of drug-likeness (QED) is 0.142. The minimum atomic E-state index is -0.0949. The molecule has 10 rings (SSSR count). The number of benzene rings is 8. The Hall–Kier alpha value is -6.90. The van der Waals surface area contributed by atoms with Gasteiger partial charge in [-0.3, -0.25) is 0 Å². The highest BCUT2D eigenvalue weighted by atomic mass is 15.1. The molecule has 2 aliphatic carbocycles. The Bertz CT molecular complexity index is 2770. The molecule has 0 spiro atoms. The molecule has 0 aromatic heterocycles. The van der Waals surface area contributed by atoms with Crippen LogP contribution in [0.25, 0.3) is 34.4 Å². The monoisotopic (exact) mass is 760 g/mol. The first-order valence-corrected chi connectivity index (χ1v) is 20.8. The molecule has 286 valence electrons. The number of fused-ring (bicyclic) bond motifs is 6. The molecule has 0 heterocycles. The molecule has 2 nitrogen and oxygen atoms in total. The van der Waals surface area contributed by atoms with Gasteiger partial charge in [0, 0.05) is 45.0 Å². The molecule has 2 aliphatic rings. The predicted octanol–water partition coefficient (Wildman–Crippen LogP) is 15.7. The summed E-state index contributed by atoms with van der Waals surface area (Å²) in [6.07, 6.45) is 4.42. The molecule has 0 saturated carbocycles. The van der Waals surface area contributed by atoms with Gasteiger partial charge in [0.2, 0.25) is 0 Å². The number of para-hydroxylation sites is 2. The van der Waals surface area contributed by atoms with Crippen LogP contribution in [-0.2, 0) is 10.8 Å². The smallest absolute Gasteiger partial charge is 0.0490 e. The summed E-state index contributed by atoms with van der Waals surface area (Å²) in [5.41, 5.74) is 21.1. The largest absolute Gasteiger partial charge is 0.310 e. The van der Waals surface area contributed by atoms with E-state index in [2.05, 4.69) is 245 Å². The normalized spacial score (nSPS) is 14.1. The first kappa shape index (κ1) is 36.4. The van der Waals surface area contributed by atoms with Gasteiger partial charge in [-0.25, -0.2) is 0 Å². The van der Waals surface area contributed by atoms with Gasteiger partial charge < -0.3 is 9.80 Å². The third-order valence-corrected chi connectivity index (χ3v) is 12.8. The van der Waals surface area contributed by atoms with E-state index in [0.29, 0.717) is 0 Å². The average molecular weight is 761 g/mol. The van der Waals surface area contributed by atoms with Crippen LogP contribution in [0.15, 0.2) is 188 Å². The van der Waals surface area contributed by atoms with Crippen LogP contribution in [0.5, 0.6) is 0 Å². The summed E-state index contributed by atoms with van der Waals surface area (Å²) in [6, 6.07) is 68.9. The Kier molecular flexibility index (Phi) is 8.76. The number of hydrogen-bond donors (Lipinski definition) is 0. The lowest BCUT2D eigenvalue weighted by atomic mass is 9.82. The van der Waals surface area contributed by atoms with Crippen molar-refractivity contribution in [3.05, 3.63) is 227 Å². The van der Waals surface area contributed by atoms with Gasteiger partial charge in [0.1, 0.15) is 0 Å².